The number of urea groups is 1. The SMILES string of the molecule is O=C(Nc1ccc(N2CCCN(Cc3ccc(F)c(F)c3)C2=O)cc1)C1CC1. The molecule has 3 amide bonds. The number of carbonyl (C=O) groups is 2. The summed E-state index contributed by atoms with van der Waals surface area (Å²) in [5.74, 6) is -1.64. The molecule has 2 aromatic rings. The highest BCUT2D eigenvalue weighted by atomic mass is 19.2. The maximum atomic E-state index is 13.4. The molecule has 0 atom stereocenters. The first kappa shape index (κ1) is 18.4. The van der Waals surface area contributed by atoms with E-state index in [9.17, 15) is 18.4 Å². The van der Waals surface area contributed by atoms with E-state index in [4.69, 9.17) is 0 Å². The summed E-state index contributed by atoms with van der Waals surface area (Å²) in [5, 5.41) is 2.88. The molecular weight excluding hydrogens is 364 g/mol. The van der Waals surface area contributed by atoms with Crippen LogP contribution >= 0.6 is 0 Å². The number of nitrogens with one attached hydrogen (secondary N) is 1. The van der Waals surface area contributed by atoms with E-state index in [0.29, 0.717) is 24.3 Å². The average Bonchev–Trinajstić information content (AvgIpc) is 3.53. The minimum absolute atomic E-state index is 0.0412. The van der Waals surface area contributed by atoms with E-state index < -0.39 is 11.6 Å². The third-order valence-corrected chi connectivity index (χ3v) is 5.06. The Hall–Kier alpha value is -2.96. The van der Waals surface area contributed by atoms with Crippen LogP contribution in [0.4, 0.5) is 25.0 Å². The van der Waals surface area contributed by atoms with E-state index >= 15 is 0 Å². The number of hydrogen-bond donors (Lipinski definition) is 1. The predicted octanol–water partition coefficient (Wildman–Crippen LogP) is 4.15. The Kier molecular flexibility index (Phi) is 4.98. The van der Waals surface area contributed by atoms with Gasteiger partial charge < -0.3 is 10.2 Å². The van der Waals surface area contributed by atoms with Crippen molar-refractivity contribution in [3.8, 4) is 0 Å². The fourth-order valence-corrected chi connectivity index (χ4v) is 3.34. The molecule has 1 N–H and O–H groups in total. The molecule has 1 aliphatic heterocycles. The lowest BCUT2D eigenvalue weighted by Crippen LogP contribution is -2.49. The first-order valence-electron chi connectivity index (χ1n) is 9.42. The Morgan fingerprint density at radius 2 is 1.79 bits per heavy atom. The quantitative estimate of drug-likeness (QED) is 0.841. The zero-order chi connectivity index (χ0) is 19.7. The van der Waals surface area contributed by atoms with Crippen molar-refractivity contribution >= 4 is 23.3 Å². The van der Waals surface area contributed by atoms with Gasteiger partial charge in [-0.2, -0.15) is 0 Å². The van der Waals surface area contributed by atoms with Crippen LogP contribution < -0.4 is 10.2 Å². The number of benzene rings is 2. The summed E-state index contributed by atoms with van der Waals surface area (Å²) in [6.07, 6.45) is 2.66. The fourth-order valence-electron chi connectivity index (χ4n) is 3.34. The summed E-state index contributed by atoms with van der Waals surface area (Å²) in [6, 6.07) is 10.7. The number of carbonyl (C=O) groups excluding carboxylic acids is 2. The van der Waals surface area contributed by atoms with E-state index in [1.165, 1.54) is 6.07 Å². The fraction of sp³-hybridized carbons (Fsp3) is 0.333. The summed E-state index contributed by atoms with van der Waals surface area (Å²) < 4.78 is 26.5. The number of nitrogens with zero attached hydrogens (tertiary/aromatic N) is 2. The summed E-state index contributed by atoms with van der Waals surface area (Å²) in [7, 11) is 0. The first-order valence-corrected chi connectivity index (χ1v) is 9.42. The van der Waals surface area contributed by atoms with Crippen LogP contribution in [0.1, 0.15) is 24.8 Å². The average molecular weight is 385 g/mol. The molecule has 7 heteroatoms. The second-order valence-electron chi connectivity index (χ2n) is 7.27. The van der Waals surface area contributed by atoms with Crippen molar-refractivity contribution < 1.29 is 18.4 Å². The van der Waals surface area contributed by atoms with E-state index in [1.54, 1.807) is 21.9 Å². The molecule has 4 rings (SSSR count). The maximum Gasteiger partial charge on any atom is 0.324 e. The Bertz CT molecular complexity index is 897. The highest BCUT2D eigenvalue weighted by molar-refractivity contribution is 5.95. The molecule has 0 spiro atoms. The van der Waals surface area contributed by atoms with Gasteiger partial charge in [-0.15, -0.1) is 0 Å². The smallest absolute Gasteiger partial charge is 0.324 e. The molecule has 2 aliphatic rings. The van der Waals surface area contributed by atoms with E-state index in [1.807, 2.05) is 12.1 Å². The van der Waals surface area contributed by atoms with Crippen LogP contribution in [0.15, 0.2) is 42.5 Å². The second kappa shape index (κ2) is 7.58. The third kappa shape index (κ3) is 3.98. The van der Waals surface area contributed by atoms with E-state index in [-0.39, 0.29) is 24.4 Å². The minimum Gasteiger partial charge on any atom is -0.326 e. The van der Waals surface area contributed by atoms with E-state index in [0.717, 1.165) is 37.1 Å². The van der Waals surface area contributed by atoms with Crippen molar-refractivity contribution in [2.75, 3.05) is 23.3 Å². The van der Waals surface area contributed by atoms with Crippen LogP contribution in [0, 0.1) is 17.6 Å². The van der Waals surface area contributed by atoms with Gasteiger partial charge in [-0.1, -0.05) is 6.07 Å². The standard InChI is InChI=1S/C21H21F2N3O2/c22-18-9-2-14(12-19(18)23)13-25-10-1-11-26(21(25)28)17-7-5-16(6-8-17)24-20(27)15-3-4-15/h2,5-9,12,15H,1,3-4,10-11,13H2,(H,24,27). The minimum atomic E-state index is -0.914. The van der Waals surface area contributed by atoms with Crippen LogP contribution in [0.25, 0.3) is 0 Å². The summed E-state index contributed by atoms with van der Waals surface area (Å²) >= 11 is 0. The van der Waals surface area contributed by atoms with Crippen molar-refractivity contribution in [3.05, 3.63) is 59.7 Å². The van der Waals surface area contributed by atoms with Crippen LogP contribution in [0.5, 0.6) is 0 Å². The van der Waals surface area contributed by atoms with Gasteiger partial charge in [0.05, 0.1) is 0 Å². The van der Waals surface area contributed by atoms with Gasteiger partial charge in [0.25, 0.3) is 0 Å². The lowest BCUT2D eigenvalue weighted by molar-refractivity contribution is -0.117. The van der Waals surface area contributed by atoms with Crippen LogP contribution in [-0.4, -0.2) is 29.9 Å². The molecule has 146 valence electrons. The molecular formula is C21H21F2N3O2. The molecule has 1 saturated heterocycles. The molecule has 1 saturated carbocycles. The van der Waals surface area contributed by atoms with Gasteiger partial charge >= 0.3 is 6.03 Å². The van der Waals surface area contributed by atoms with Gasteiger partial charge in [0.15, 0.2) is 11.6 Å². The Morgan fingerprint density at radius 3 is 2.46 bits per heavy atom. The third-order valence-electron chi connectivity index (χ3n) is 5.06. The van der Waals surface area contributed by atoms with Gasteiger partial charge in [-0.05, 0) is 61.2 Å². The monoisotopic (exact) mass is 385 g/mol. The normalized spacial score (nSPS) is 17.0. The van der Waals surface area contributed by atoms with Crippen LogP contribution in [-0.2, 0) is 11.3 Å². The zero-order valence-corrected chi connectivity index (χ0v) is 15.3. The molecule has 1 aliphatic carbocycles. The maximum absolute atomic E-state index is 13.4. The number of amides is 3. The predicted molar refractivity (Wildman–Crippen MR) is 102 cm³/mol. The van der Waals surface area contributed by atoms with Crippen molar-refractivity contribution in [1.82, 2.24) is 4.90 Å². The van der Waals surface area contributed by atoms with Crippen molar-refractivity contribution in [3.63, 3.8) is 0 Å². The van der Waals surface area contributed by atoms with Crippen molar-refractivity contribution in [2.24, 2.45) is 5.92 Å². The number of anilines is 2. The Morgan fingerprint density at radius 1 is 1.04 bits per heavy atom. The van der Waals surface area contributed by atoms with Crippen molar-refractivity contribution in [1.29, 1.82) is 0 Å². The molecule has 0 bridgehead atoms. The lowest BCUT2D eigenvalue weighted by Gasteiger charge is -2.35. The number of rotatable bonds is 5. The van der Waals surface area contributed by atoms with Gasteiger partial charge in [-0.25, -0.2) is 13.6 Å². The summed E-state index contributed by atoms with van der Waals surface area (Å²) in [6.45, 7) is 1.37. The molecule has 0 radical (unpaired) electrons. The van der Waals surface area contributed by atoms with Crippen LogP contribution in [0.2, 0.25) is 0 Å². The molecule has 5 nitrogen and oxygen atoms in total. The van der Waals surface area contributed by atoms with Gasteiger partial charge in [0.1, 0.15) is 0 Å². The van der Waals surface area contributed by atoms with Crippen LogP contribution in [0.3, 0.4) is 0 Å². The summed E-state index contributed by atoms with van der Waals surface area (Å²) in [4.78, 5) is 28.0. The zero-order valence-electron chi connectivity index (χ0n) is 15.3. The largest absolute Gasteiger partial charge is 0.326 e. The molecule has 0 unspecified atom stereocenters. The van der Waals surface area contributed by atoms with E-state index in [2.05, 4.69) is 5.32 Å². The van der Waals surface area contributed by atoms with Crippen molar-refractivity contribution in [2.45, 2.75) is 25.8 Å². The van der Waals surface area contributed by atoms with Gasteiger partial charge in [-0.3, -0.25) is 9.69 Å². The Labute approximate surface area is 161 Å². The Balaban J connectivity index is 1.43. The lowest BCUT2D eigenvalue weighted by atomic mass is 10.1. The van der Waals surface area contributed by atoms with Gasteiger partial charge in [0, 0.05) is 36.9 Å². The molecule has 1 heterocycles. The topological polar surface area (TPSA) is 52.7 Å². The van der Waals surface area contributed by atoms with Gasteiger partial charge in [0.2, 0.25) is 5.91 Å². The highest BCUT2D eigenvalue weighted by Crippen LogP contribution is 2.30. The highest BCUT2D eigenvalue weighted by Gasteiger charge is 2.30. The second-order valence-corrected chi connectivity index (χ2v) is 7.27. The molecule has 0 aromatic heterocycles. The first-order chi connectivity index (χ1) is 13.5. The number of halogens is 2. The molecule has 28 heavy (non-hydrogen) atoms. The molecule has 2 fully saturated rings. The summed E-state index contributed by atoms with van der Waals surface area (Å²) in [5.41, 5.74) is 2.00. The number of hydrogen-bond acceptors (Lipinski definition) is 2. The molecule has 2 aromatic carbocycles.